The normalized spacial score (nSPS) is 10.3. The van der Waals surface area contributed by atoms with Crippen LogP contribution in [-0.4, -0.2) is 5.91 Å². The number of carbonyl (C=O) groups is 1. The first-order valence-corrected chi connectivity index (χ1v) is 6.47. The average Bonchev–Trinajstić information content (AvgIpc) is 2.48. The van der Waals surface area contributed by atoms with E-state index in [-0.39, 0.29) is 10.9 Å². The van der Waals surface area contributed by atoms with Gasteiger partial charge in [-0.3, -0.25) is 4.79 Å². The van der Waals surface area contributed by atoms with E-state index >= 15 is 0 Å². The number of halogens is 2. The van der Waals surface area contributed by atoms with E-state index in [1.54, 1.807) is 30.3 Å². The van der Waals surface area contributed by atoms with Crippen LogP contribution >= 0.6 is 11.6 Å². The van der Waals surface area contributed by atoms with Gasteiger partial charge >= 0.3 is 0 Å². The van der Waals surface area contributed by atoms with Crippen LogP contribution in [0.5, 0.6) is 0 Å². The molecule has 0 aromatic heterocycles. The number of rotatable bonds is 3. The molecule has 0 saturated heterocycles. The Kier molecular flexibility index (Phi) is 4.76. The van der Waals surface area contributed by atoms with E-state index in [4.69, 9.17) is 18.0 Å². The van der Waals surface area contributed by atoms with Crippen LogP contribution in [0.4, 0.5) is 10.1 Å². The largest absolute Gasteiger partial charge is 0.322 e. The minimum Gasteiger partial charge on any atom is -0.322 e. The molecular weight excluding hydrogens is 289 g/mol. The third kappa shape index (κ3) is 4.20. The summed E-state index contributed by atoms with van der Waals surface area (Å²) in [5.41, 5.74) is 1.92. The summed E-state index contributed by atoms with van der Waals surface area (Å²) < 4.78 is 13.0. The Hall–Kier alpha value is -2.57. The van der Waals surface area contributed by atoms with Crippen molar-refractivity contribution in [3.63, 3.8) is 0 Å². The fourth-order valence-corrected chi connectivity index (χ4v) is 1.85. The van der Waals surface area contributed by atoms with Crippen LogP contribution < -0.4 is 5.32 Å². The van der Waals surface area contributed by atoms with Crippen LogP contribution in [0.25, 0.3) is 6.08 Å². The average molecular weight is 300 g/mol. The highest BCUT2D eigenvalue weighted by molar-refractivity contribution is 6.30. The van der Waals surface area contributed by atoms with Crippen molar-refractivity contribution in [1.82, 2.24) is 0 Å². The SMILES string of the molecule is C#Cc1cccc(NC(=O)/C=C/c2ccc(F)c(Cl)c2)c1. The van der Waals surface area contributed by atoms with Crippen molar-refractivity contribution in [1.29, 1.82) is 0 Å². The molecule has 0 heterocycles. The van der Waals surface area contributed by atoms with Gasteiger partial charge in [-0.15, -0.1) is 6.42 Å². The zero-order chi connectivity index (χ0) is 15.2. The molecule has 0 bridgehead atoms. The van der Waals surface area contributed by atoms with Crippen LogP contribution in [0.3, 0.4) is 0 Å². The van der Waals surface area contributed by atoms with Crippen LogP contribution in [-0.2, 0) is 4.79 Å². The lowest BCUT2D eigenvalue weighted by Gasteiger charge is -2.02. The van der Waals surface area contributed by atoms with Crippen molar-refractivity contribution in [2.45, 2.75) is 0 Å². The zero-order valence-corrected chi connectivity index (χ0v) is 11.7. The fourth-order valence-electron chi connectivity index (χ4n) is 1.66. The van der Waals surface area contributed by atoms with E-state index < -0.39 is 5.82 Å². The highest BCUT2D eigenvalue weighted by Crippen LogP contribution is 2.17. The molecule has 0 saturated carbocycles. The quantitative estimate of drug-likeness (QED) is 0.670. The molecule has 0 aliphatic heterocycles. The smallest absolute Gasteiger partial charge is 0.248 e. The number of nitrogens with one attached hydrogen (secondary N) is 1. The van der Waals surface area contributed by atoms with Gasteiger partial charge in [0.2, 0.25) is 5.91 Å². The van der Waals surface area contributed by atoms with Gasteiger partial charge in [0.1, 0.15) is 5.82 Å². The minimum absolute atomic E-state index is 0.0132. The summed E-state index contributed by atoms with van der Waals surface area (Å²) >= 11 is 5.66. The molecule has 4 heteroatoms. The van der Waals surface area contributed by atoms with Gasteiger partial charge in [-0.1, -0.05) is 29.7 Å². The van der Waals surface area contributed by atoms with Crippen LogP contribution in [0.2, 0.25) is 5.02 Å². The Morgan fingerprint density at radius 2 is 2.10 bits per heavy atom. The molecule has 0 aliphatic rings. The lowest BCUT2D eigenvalue weighted by molar-refractivity contribution is -0.111. The molecule has 2 aromatic carbocycles. The van der Waals surface area contributed by atoms with Gasteiger partial charge in [0.25, 0.3) is 0 Å². The number of benzene rings is 2. The second kappa shape index (κ2) is 6.74. The number of anilines is 1. The highest BCUT2D eigenvalue weighted by atomic mass is 35.5. The zero-order valence-electron chi connectivity index (χ0n) is 10.9. The predicted octanol–water partition coefficient (Wildman–Crippen LogP) is 4.11. The van der Waals surface area contributed by atoms with Gasteiger partial charge in [0.05, 0.1) is 5.02 Å². The Bertz CT molecular complexity index is 747. The molecule has 21 heavy (non-hydrogen) atoms. The Morgan fingerprint density at radius 3 is 2.81 bits per heavy atom. The fraction of sp³-hybridized carbons (Fsp3) is 0. The molecule has 2 nitrogen and oxygen atoms in total. The summed E-state index contributed by atoms with van der Waals surface area (Å²) in [6.45, 7) is 0. The van der Waals surface area contributed by atoms with E-state index in [9.17, 15) is 9.18 Å². The first kappa shape index (κ1) is 14.8. The second-order valence-electron chi connectivity index (χ2n) is 4.22. The molecule has 0 aliphatic carbocycles. The Morgan fingerprint density at radius 1 is 1.29 bits per heavy atom. The molecule has 0 radical (unpaired) electrons. The molecule has 104 valence electrons. The molecule has 1 N–H and O–H groups in total. The Balaban J connectivity index is 2.05. The van der Waals surface area contributed by atoms with Crippen molar-refractivity contribution < 1.29 is 9.18 Å². The Labute approximate surface area is 127 Å². The summed E-state index contributed by atoms with van der Waals surface area (Å²) in [6.07, 6.45) is 8.18. The van der Waals surface area contributed by atoms with E-state index in [2.05, 4.69) is 11.2 Å². The number of hydrogen-bond donors (Lipinski definition) is 1. The third-order valence-corrected chi connectivity index (χ3v) is 2.96. The summed E-state index contributed by atoms with van der Waals surface area (Å²) in [5, 5.41) is 2.70. The number of hydrogen-bond acceptors (Lipinski definition) is 1. The van der Waals surface area contributed by atoms with Crippen molar-refractivity contribution in [2.24, 2.45) is 0 Å². The minimum atomic E-state index is -0.496. The molecule has 2 rings (SSSR count). The molecule has 0 atom stereocenters. The van der Waals surface area contributed by atoms with Gasteiger partial charge in [-0.2, -0.15) is 0 Å². The number of carbonyl (C=O) groups excluding carboxylic acids is 1. The monoisotopic (exact) mass is 299 g/mol. The number of amides is 1. The number of terminal acetylenes is 1. The van der Waals surface area contributed by atoms with Gasteiger partial charge < -0.3 is 5.32 Å². The maximum Gasteiger partial charge on any atom is 0.248 e. The third-order valence-electron chi connectivity index (χ3n) is 2.67. The summed E-state index contributed by atoms with van der Waals surface area (Å²) in [6, 6.07) is 11.2. The van der Waals surface area contributed by atoms with E-state index in [0.717, 1.165) is 0 Å². The standard InChI is InChI=1S/C17H11ClFNO/c1-2-12-4-3-5-14(10-12)20-17(21)9-7-13-6-8-16(19)15(18)11-13/h1,3-11H,(H,20,21)/b9-7+. The van der Waals surface area contributed by atoms with Crippen molar-refractivity contribution in [2.75, 3.05) is 5.32 Å². The molecule has 1 amide bonds. The lowest BCUT2D eigenvalue weighted by Crippen LogP contribution is -2.07. The molecule has 0 unspecified atom stereocenters. The molecule has 2 aromatic rings. The maximum atomic E-state index is 13.0. The van der Waals surface area contributed by atoms with Crippen LogP contribution in [0.15, 0.2) is 48.5 Å². The van der Waals surface area contributed by atoms with Crippen LogP contribution in [0.1, 0.15) is 11.1 Å². The highest BCUT2D eigenvalue weighted by Gasteiger charge is 2.01. The van der Waals surface area contributed by atoms with Gasteiger partial charge in [0, 0.05) is 17.3 Å². The van der Waals surface area contributed by atoms with E-state index in [1.165, 1.54) is 24.3 Å². The summed E-state index contributed by atoms with van der Waals surface area (Å²) in [7, 11) is 0. The van der Waals surface area contributed by atoms with Crippen molar-refractivity contribution in [3.8, 4) is 12.3 Å². The van der Waals surface area contributed by atoms with Crippen molar-refractivity contribution >= 4 is 29.3 Å². The van der Waals surface area contributed by atoms with Crippen molar-refractivity contribution in [3.05, 3.63) is 70.5 Å². The first-order chi connectivity index (χ1) is 10.1. The lowest BCUT2D eigenvalue weighted by atomic mass is 10.2. The van der Waals surface area contributed by atoms with Gasteiger partial charge in [-0.05, 0) is 42.0 Å². The molecule has 0 spiro atoms. The summed E-state index contributed by atoms with van der Waals surface area (Å²) in [5.74, 6) is 1.68. The van der Waals surface area contributed by atoms with E-state index in [1.807, 2.05) is 0 Å². The first-order valence-electron chi connectivity index (χ1n) is 6.09. The maximum absolute atomic E-state index is 13.0. The van der Waals surface area contributed by atoms with Crippen LogP contribution in [0, 0.1) is 18.2 Å². The second-order valence-corrected chi connectivity index (χ2v) is 4.63. The molecular formula is C17H11ClFNO. The topological polar surface area (TPSA) is 29.1 Å². The summed E-state index contributed by atoms with van der Waals surface area (Å²) in [4.78, 5) is 11.8. The van der Waals surface area contributed by atoms with Gasteiger partial charge in [-0.25, -0.2) is 4.39 Å². The van der Waals surface area contributed by atoms with Gasteiger partial charge in [0.15, 0.2) is 0 Å². The molecule has 0 fully saturated rings. The van der Waals surface area contributed by atoms with E-state index in [0.29, 0.717) is 16.8 Å². The predicted molar refractivity (Wildman–Crippen MR) is 83.5 cm³/mol.